The van der Waals surface area contributed by atoms with E-state index >= 15 is 0 Å². The summed E-state index contributed by atoms with van der Waals surface area (Å²) in [4.78, 5) is 32.8. The van der Waals surface area contributed by atoms with E-state index in [9.17, 15) is 9.59 Å². The largest absolute Gasteiger partial charge is 0.334 e. The van der Waals surface area contributed by atoms with E-state index in [0.29, 0.717) is 30.1 Å². The summed E-state index contributed by atoms with van der Waals surface area (Å²) in [5.41, 5.74) is 7.10. The maximum Gasteiger partial charge on any atom is 0.265 e. The Morgan fingerprint density at radius 3 is 2.50 bits per heavy atom. The van der Waals surface area contributed by atoms with Gasteiger partial charge < -0.3 is 9.80 Å². The summed E-state index contributed by atoms with van der Waals surface area (Å²) in [7, 11) is 0. The van der Waals surface area contributed by atoms with E-state index in [4.69, 9.17) is 0 Å². The molecule has 0 fully saturated rings. The van der Waals surface area contributed by atoms with Gasteiger partial charge in [-0.3, -0.25) is 9.59 Å². The zero-order valence-electron chi connectivity index (χ0n) is 21.3. The molecule has 0 N–H and O–H groups in total. The van der Waals surface area contributed by atoms with Crippen LogP contribution < -0.4 is 4.90 Å². The molecule has 2 heterocycles. The summed E-state index contributed by atoms with van der Waals surface area (Å²) in [6.45, 7) is 3.79. The van der Waals surface area contributed by atoms with Crippen LogP contribution in [0.4, 0.5) is 5.69 Å². The van der Waals surface area contributed by atoms with Gasteiger partial charge in [0.15, 0.2) is 0 Å². The number of fused-ring (bicyclic) bond motifs is 2. The van der Waals surface area contributed by atoms with Gasteiger partial charge in [0.2, 0.25) is 0 Å². The lowest BCUT2D eigenvalue weighted by molar-refractivity contribution is -0.114. The SMILES string of the molecule is Cc1cccc(CN2C(=O)/C(=C/c3ccccc3)Sc3ccc(C(=O)N4CCc5ccccc5C4)cc32)c1. The number of carbonyl (C=O) groups excluding carboxylic acids is 2. The third-order valence-electron chi connectivity index (χ3n) is 7.11. The first-order valence-electron chi connectivity index (χ1n) is 12.9. The summed E-state index contributed by atoms with van der Waals surface area (Å²) >= 11 is 1.47. The molecule has 4 aromatic rings. The van der Waals surface area contributed by atoms with E-state index in [1.54, 1.807) is 0 Å². The topological polar surface area (TPSA) is 40.6 Å². The molecule has 188 valence electrons. The van der Waals surface area contributed by atoms with Gasteiger partial charge in [-0.25, -0.2) is 0 Å². The molecule has 0 saturated carbocycles. The Morgan fingerprint density at radius 1 is 0.895 bits per heavy atom. The van der Waals surface area contributed by atoms with Crippen LogP contribution in [0.25, 0.3) is 6.08 Å². The van der Waals surface area contributed by atoms with Crippen LogP contribution in [-0.2, 0) is 24.3 Å². The van der Waals surface area contributed by atoms with Gasteiger partial charge in [-0.05, 0) is 59.9 Å². The summed E-state index contributed by atoms with van der Waals surface area (Å²) < 4.78 is 0. The van der Waals surface area contributed by atoms with Crippen LogP contribution in [-0.4, -0.2) is 23.3 Å². The molecule has 0 spiro atoms. The number of hydrogen-bond donors (Lipinski definition) is 0. The minimum atomic E-state index is -0.0515. The van der Waals surface area contributed by atoms with E-state index in [1.807, 2.05) is 82.6 Å². The molecule has 0 bridgehead atoms. The lowest BCUT2D eigenvalue weighted by atomic mass is 9.99. The molecule has 2 aliphatic heterocycles. The maximum absolute atomic E-state index is 13.8. The highest BCUT2D eigenvalue weighted by atomic mass is 32.2. The predicted molar refractivity (Wildman–Crippen MR) is 154 cm³/mol. The van der Waals surface area contributed by atoms with Gasteiger partial charge in [0.1, 0.15) is 0 Å². The van der Waals surface area contributed by atoms with Crippen molar-refractivity contribution in [2.45, 2.75) is 31.3 Å². The van der Waals surface area contributed by atoms with Gasteiger partial charge in [-0.2, -0.15) is 0 Å². The maximum atomic E-state index is 13.8. The summed E-state index contributed by atoms with van der Waals surface area (Å²) in [5.74, 6) is -0.0507. The number of carbonyl (C=O) groups is 2. The molecular weight excluding hydrogens is 488 g/mol. The summed E-state index contributed by atoms with van der Waals surface area (Å²) in [6.07, 6.45) is 2.80. The van der Waals surface area contributed by atoms with Crippen molar-refractivity contribution < 1.29 is 9.59 Å². The summed E-state index contributed by atoms with van der Waals surface area (Å²) in [5, 5.41) is 0. The highest BCUT2D eigenvalue weighted by Crippen LogP contribution is 2.43. The number of anilines is 1. The van der Waals surface area contributed by atoms with Crippen molar-refractivity contribution in [2.24, 2.45) is 0 Å². The Labute approximate surface area is 227 Å². The van der Waals surface area contributed by atoms with Crippen molar-refractivity contribution in [3.05, 3.63) is 135 Å². The fourth-order valence-corrected chi connectivity index (χ4v) is 6.18. The Kier molecular flexibility index (Phi) is 6.61. The number of hydrogen-bond acceptors (Lipinski definition) is 3. The lowest BCUT2D eigenvalue weighted by Crippen LogP contribution is -2.37. The van der Waals surface area contributed by atoms with Crippen molar-refractivity contribution in [1.29, 1.82) is 0 Å². The van der Waals surface area contributed by atoms with Crippen molar-refractivity contribution in [3.8, 4) is 0 Å². The van der Waals surface area contributed by atoms with Crippen LogP contribution in [0.3, 0.4) is 0 Å². The highest BCUT2D eigenvalue weighted by Gasteiger charge is 2.31. The highest BCUT2D eigenvalue weighted by molar-refractivity contribution is 8.04. The molecule has 4 aromatic carbocycles. The molecule has 0 saturated heterocycles. The molecule has 2 aliphatic rings. The Hall–Kier alpha value is -4.09. The van der Waals surface area contributed by atoms with Crippen LogP contribution >= 0.6 is 11.8 Å². The third-order valence-corrected chi connectivity index (χ3v) is 8.19. The fourth-order valence-electron chi connectivity index (χ4n) is 5.15. The third kappa shape index (κ3) is 4.90. The molecule has 0 atom stereocenters. The average molecular weight is 517 g/mol. The number of aryl methyl sites for hydroxylation is 1. The second-order valence-corrected chi connectivity index (χ2v) is 10.9. The molecule has 6 rings (SSSR count). The molecule has 0 aliphatic carbocycles. The average Bonchev–Trinajstić information content (AvgIpc) is 2.95. The molecule has 0 radical (unpaired) electrons. The Morgan fingerprint density at radius 2 is 1.68 bits per heavy atom. The van der Waals surface area contributed by atoms with Gasteiger partial charge in [0, 0.05) is 23.5 Å². The van der Waals surface area contributed by atoms with E-state index in [1.165, 1.54) is 22.9 Å². The van der Waals surface area contributed by atoms with Gasteiger partial charge in [-0.15, -0.1) is 0 Å². The summed E-state index contributed by atoms with van der Waals surface area (Å²) in [6, 6.07) is 32.2. The van der Waals surface area contributed by atoms with Crippen LogP contribution in [0.15, 0.2) is 107 Å². The molecule has 38 heavy (non-hydrogen) atoms. The molecule has 0 unspecified atom stereocenters. The van der Waals surface area contributed by atoms with Gasteiger partial charge in [-0.1, -0.05) is 96.2 Å². The number of rotatable bonds is 4. The lowest BCUT2D eigenvalue weighted by Gasteiger charge is -2.32. The van der Waals surface area contributed by atoms with Gasteiger partial charge in [0.05, 0.1) is 17.1 Å². The monoisotopic (exact) mass is 516 g/mol. The number of thioether (sulfide) groups is 1. The van der Waals surface area contributed by atoms with E-state index in [-0.39, 0.29) is 11.8 Å². The molecule has 5 heteroatoms. The second-order valence-electron chi connectivity index (χ2n) is 9.83. The molecule has 4 nitrogen and oxygen atoms in total. The van der Waals surface area contributed by atoms with Crippen LogP contribution in [0.1, 0.15) is 38.2 Å². The Balaban J connectivity index is 1.35. The number of amides is 2. The van der Waals surface area contributed by atoms with Crippen molar-refractivity contribution in [1.82, 2.24) is 4.90 Å². The first kappa shape index (κ1) is 24.3. The Bertz CT molecular complexity index is 1560. The normalized spacial score (nSPS) is 15.8. The standard InChI is InChI=1S/C33H28N2O2S/c1-23-8-7-11-25(18-23)21-35-29-20-27(32(36)34-17-16-26-12-5-6-13-28(26)22-34)14-15-30(29)38-31(33(35)37)19-24-9-3-2-4-10-24/h2-15,18-20H,16-17,21-22H2,1H3/b31-19-. The zero-order valence-corrected chi connectivity index (χ0v) is 22.1. The quantitative estimate of drug-likeness (QED) is 0.278. The smallest absolute Gasteiger partial charge is 0.265 e. The van der Waals surface area contributed by atoms with Crippen molar-refractivity contribution >= 4 is 35.3 Å². The first-order valence-corrected chi connectivity index (χ1v) is 13.7. The van der Waals surface area contributed by atoms with E-state index in [2.05, 4.69) is 37.3 Å². The van der Waals surface area contributed by atoms with E-state index < -0.39 is 0 Å². The van der Waals surface area contributed by atoms with E-state index in [0.717, 1.165) is 33.7 Å². The molecular formula is C33H28N2O2S. The van der Waals surface area contributed by atoms with Gasteiger partial charge in [0.25, 0.3) is 11.8 Å². The minimum absolute atomic E-state index is 0.000817. The van der Waals surface area contributed by atoms with Crippen LogP contribution in [0.2, 0.25) is 0 Å². The van der Waals surface area contributed by atoms with Crippen molar-refractivity contribution in [2.75, 3.05) is 11.4 Å². The number of nitrogens with zero attached hydrogens (tertiary/aromatic N) is 2. The number of benzene rings is 4. The van der Waals surface area contributed by atoms with Crippen LogP contribution in [0.5, 0.6) is 0 Å². The van der Waals surface area contributed by atoms with Crippen LogP contribution in [0, 0.1) is 6.92 Å². The minimum Gasteiger partial charge on any atom is -0.334 e. The second kappa shape index (κ2) is 10.3. The fraction of sp³-hybridized carbons (Fsp3) is 0.152. The van der Waals surface area contributed by atoms with Gasteiger partial charge >= 0.3 is 0 Å². The predicted octanol–water partition coefficient (Wildman–Crippen LogP) is 6.87. The first-order chi connectivity index (χ1) is 18.5. The van der Waals surface area contributed by atoms with Crippen molar-refractivity contribution in [3.63, 3.8) is 0 Å². The molecule has 2 amide bonds. The zero-order chi connectivity index (χ0) is 26.1. The molecule has 0 aromatic heterocycles.